The molecule has 36 heavy (non-hydrogen) atoms. The molecule has 0 bridgehead atoms. The molecule has 8 heteroatoms. The highest BCUT2D eigenvalue weighted by atomic mass is 16.5. The Morgan fingerprint density at radius 1 is 0.806 bits per heavy atom. The van der Waals surface area contributed by atoms with E-state index in [2.05, 4.69) is 5.32 Å². The number of amides is 1. The Morgan fingerprint density at radius 2 is 1.31 bits per heavy atom. The molecule has 1 saturated carbocycles. The second-order valence-corrected chi connectivity index (χ2v) is 8.51. The minimum atomic E-state index is -0.300. The lowest BCUT2D eigenvalue weighted by atomic mass is 10.1. The molecule has 0 aliphatic heterocycles. The van der Waals surface area contributed by atoms with E-state index in [4.69, 9.17) is 19.5 Å². The van der Waals surface area contributed by atoms with Gasteiger partial charge in [-0.3, -0.25) is 14.8 Å². The van der Waals surface area contributed by atoms with Gasteiger partial charge in [0.15, 0.2) is 23.0 Å². The van der Waals surface area contributed by atoms with Gasteiger partial charge in [-0.05, 0) is 49.2 Å². The standard InChI is InChI=1S/C28H29N3O5/c1-35-24-12-6-8-18(26(24)32)16-29-22-14-20(28(34)31-21-10-4-3-5-11-21)15-23(22)30-17-19-9-7-13-25(36-2)27(19)33/h3-13,16-17,20,22-23,32-33H,14-15H2,1-2H3,(H,31,34)/t20?,22-,23+. The predicted octanol–water partition coefficient (Wildman–Crippen LogP) is 4.44. The van der Waals surface area contributed by atoms with Crippen LogP contribution in [0, 0.1) is 5.92 Å². The molecule has 3 aromatic rings. The number of carbonyl (C=O) groups is 1. The van der Waals surface area contributed by atoms with Crippen LogP contribution in [-0.2, 0) is 4.79 Å². The fraction of sp³-hybridized carbons (Fsp3) is 0.250. The van der Waals surface area contributed by atoms with E-state index in [0.29, 0.717) is 35.5 Å². The van der Waals surface area contributed by atoms with Crippen molar-refractivity contribution in [3.8, 4) is 23.0 Å². The van der Waals surface area contributed by atoms with Crippen LogP contribution in [0.25, 0.3) is 0 Å². The fourth-order valence-corrected chi connectivity index (χ4v) is 4.26. The second-order valence-electron chi connectivity index (χ2n) is 8.51. The van der Waals surface area contributed by atoms with Crippen LogP contribution in [0.3, 0.4) is 0 Å². The third-order valence-corrected chi connectivity index (χ3v) is 6.22. The van der Waals surface area contributed by atoms with E-state index in [-0.39, 0.29) is 35.4 Å². The summed E-state index contributed by atoms with van der Waals surface area (Å²) in [7, 11) is 2.98. The monoisotopic (exact) mass is 487 g/mol. The molecule has 8 nitrogen and oxygen atoms in total. The first-order chi connectivity index (χ1) is 17.5. The van der Waals surface area contributed by atoms with Crippen LogP contribution in [0.15, 0.2) is 76.7 Å². The summed E-state index contributed by atoms with van der Waals surface area (Å²) in [6.45, 7) is 0. The number of aromatic hydroxyl groups is 2. The van der Waals surface area contributed by atoms with Gasteiger partial charge >= 0.3 is 0 Å². The summed E-state index contributed by atoms with van der Waals surface area (Å²) in [5.41, 5.74) is 1.76. The summed E-state index contributed by atoms with van der Waals surface area (Å²) in [4.78, 5) is 22.4. The van der Waals surface area contributed by atoms with Gasteiger partial charge in [-0.15, -0.1) is 0 Å². The Balaban J connectivity index is 1.58. The number of carbonyl (C=O) groups excluding carboxylic acids is 1. The molecule has 4 rings (SSSR count). The summed E-state index contributed by atoms with van der Waals surface area (Å²) in [6, 6.07) is 19.1. The normalized spacial score (nSPS) is 19.6. The number of ether oxygens (including phenoxy) is 2. The van der Waals surface area contributed by atoms with Gasteiger partial charge in [0.2, 0.25) is 5.91 Å². The highest BCUT2D eigenvalue weighted by molar-refractivity contribution is 5.93. The molecule has 0 radical (unpaired) electrons. The highest BCUT2D eigenvalue weighted by Gasteiger charge is 2.37. The van der Waals surface area contributed by atoms with Gasteiger partial charge in [-0.25, -0.2) is 0 Å². The first kappa shape index (κ1) is 24.8. The van der Waals surface area contributed by atoms with Gasteiger partial charge in [-0.1, -0.05) is 30.3 Å². The fourth-order valence-electron chi connectivity index (χ4n) is 4.26. The second kappa shape index (κ2) is 11.4. The predicted molar refractivity (Wildman–Crippen MR) is 140 cm³/mol. The molecule has 3 N–H and O–H groups in total. The average Bonchev–Trinajstić information content (AvgIpc) is 3.31. The molecule has 1 unspecified atom stereocenters. The van der Waals surface area contributed by atoms with Crippen molar-refractivity contribution in [2.24, 2.45) is 15.9 Å². The Kier molecular flexibility index (Phi) is 7.85. The van der Waals surface area contributed by atoms with Crippen molar-refractivity contribution in [2.45, 2.75) is 24.9 Å². The van der Waals surface area contributed by atoms with Crippen LogP contribution in [0.2, 0.25) is 0 Å². The average molecular weight is 488 g/mol. The van der Waals surface area contributed by atoms with Crippen molar-refractivity contribution in [3.63, 3.8) is 0 Å². The number of para-hydroxylation sites is 3. The number of aliphatic imine (C=N–C) groups is 2. The number of phenols is 2. The van der Waals surface area contributed by atoms with Crippen LogP contribution >= 0.6 is 0 Å². The zero-order chi connectivity index (χ0) is 25.5. The van der Waals surface area contributed by atoms with Gasteiger partial charge in [-0.2, -0.15) is 0 Å². The van der Waals surface area contributed by atoms with E-state index in [9.17, 15) is 15.0 Å². The number of nitrogens with zero attached hydrogens (tertiary/aromatic N) is 2. The van der Waals surface area contributed by atoms with Crippen LogP contribution in [0.5, 0.6) is 23.0 Å². The van der Waals surface area contributed by atoms with Crippen LogP contribution in [-0.4, -0.2) is 54.9 Å². The van der Waals surface area contributed by atoms with Crippen molar-refractivity contribution in [3.05, 3.63) is 77.9 Å². The lowest BCUT2D eigenvalue weighted by Crippen LogP contribution is -2.21. The lowest BCUT2D eigenvalue weighted by molar-refractivity contribution is -0.119. The summed E-state index contributed by atoms with van der Waals surface area (Å²) < 4.78 is 10.4. The molecule has 1 fully saturated rings. The van der Waals surface area contributed by atoms with Gasteiger partial charge in [0, 0.05) is 35.2 Å². The molecule has 1 aliphatic rings. The van der Waals surface area contributed by atoms with E-state index in [0.717, 1.165) is 5.69 Å². The summed E-state index contributed by atoms with van der Waals surface area (Å²) in [5.74, 6) is 0.324. The van der Waals surface area contributed by atoms with Gasteiger partial charge in [0.05, 0.1) is 26.3 Å². The number of nitrogens with one attached hydrogen (secondary N) is 1. The number of anilines is 1. The summed E-state index contributed by atoms with van der Waals surface area (Å²) in [5, 5.41) is 23.8. The molecular weight excluding hydrogens is 458 g/mol. The topological polar surface area (TPSA) is 113 Å². The summed E-state index contributed by atoms with van der Waals surface area (Å²) >= 11 is 0. The Labute approximate surface area is 210 Å². The van der Waals surface area contributed by atoms with Crippen molar-refractivity contribution < 1.29 is 24.5 Å². The molecule has 0 heterocycles. The molecule has 3 aromatic carbocycles. The third-order valence-electron chi connectivity index (χ3n) is 6.22. The first-order valence-electron chi connectivity index (χ1n) is 11.6. The quantitative estimate of drug-likeness (QED) is 0.407. The molecule has 0 aromatic heterocycles. The Morgan fingerprint density at radius 3 is 1.78 bits per heavy atom. The largest absolute Gasteiger partial charge is 0.504 e. The van der Waals surface area contributed by atoms with Crippen molar-refractivity contribution >= 4 is 24.0 Å². The third kappa shape index (κ3) is 5.66. The number of benzene rings is 3. The Hall–Kier alpha value is -4.33. The van der Waals surface area contributed by atoms with Crippen molar-refractivity contribution in [2.75, 3.05) is 19.5 Å². The maximum absolute atomic E-state index is 13.0. The van der Waals surface area contributed by atoms with Crippen LogP contribution < -0.4 is 14.8 Å². The molecule has 0 saturated heterocycles. The van der Waals surface area contributed by atoms with Crippen molar-refractivity contribution in [1.82, 2.24) is 0 Å². The van der Waals surface area contributed by atoms with Gasteiger partial charge < -0.3 is 25.0 Å². The molecule has 0 spiro atoms. The smallest absolute Gasteiger partial charge is 0.227 e. The maximum atomic E-state index is 13.0. The van der Waals surface area contributed by atoms with E-state index >= 15 is 0 Å². The lowest BCUT2D eigenvalue weighted by Gasteiger charge is -2.12. The molecule has 1 aliphatic carbocycles. The van der Waals surface area contributed by atoms with E-state index in [1.165, 1.54) is 14.2 Å². The Bertz CT molecular complexity index is 1190. The molecular formula is C28H29N3O5. The zero-order valence-corrected chi connectivity index (χ0v) is 20.2. The van der Waals surface area contributed by atoms with Crippen LogP contribution in [0.4, 0.5) is 5.69 Å². The molecule has 3 atom stereocenters. The minimum Gasteiger partial charge on any atom is -0.504 e. The summed E-state index contributed by atoms with van der Waals surface area (Å²) in [6.07, 6.45) is 4.16. The van der Waals surface area contributed by atoms with Gasteiger partial charge in [0.1, 0.15) is 0 Å². The van der Waals surface area contributed by atoms with Gasteiger partial charge in [0.25, 0.3) is 0 Å². The zero-order valence-electron chi connectivity index (χ0n) is 20.2. The maximum Gasteiger partial charge on any atom is 0.227 e. The van der Waals surface area contributed by atoms with E-state index in [1.807, 2.05) is 30.3 Å². The number of rotatable bonds is 8. The number of methoxy groups -OCH3 is 2. The van der Waals surface area contributed by atoms with E-state index in [1.54, 1.807) is 48.8 Å². The SMILES string of the molecule is COc1cccc(C=N[C@H]2CC(C(=O)Nc3ccccc3)C[C@H]2N=Cc2cccc(OC)c2O)c1O. The van der Waals surface area contributed by atoms with Crippen molar-refractivity contribution in [1.29, 1.82) is 0 Å². The minimum absolute atomic E-state index is 0.00136. The number of hydrogen-bond donors (Lipinski definition) is 3. The number of phenolic OH excluding ortho intramolecular Hbond substituents is 2. The molecule has 1 amide bonds. The highest BCUT2D eigenvalue weighted by Crippen LogP contribution is 2.34. The molecule has 186 valence electrons. The van der Waals surface area contributed by atoms with E-state index < -0.39 is 0 Å². The number of hydrogen-bond acceptors (Lipinski definition) is 7. The first-order valence-corrected chi connectivity index (χ1v) is 11.6. The van der Waals surface area contributed by atoms with Crippen LogP contribution in [0.1, 0.15) is 24.0 Å².